The molecule has 114 valence electrons. The Morgan fingerprint density at radius 1 is 1.15 bits per heavy atom. The maximum absolute atomic E-state index is 12.3. The van der Waals surface area contributed by atoms with Gasteiger partial charge in [-0.15, -0.1) is 0 Å². The number of piperidine rings is 1. The molecule has 0 aromatic carbocycles. The number of nitrogens with one attached hydrogen (secondary N) is 2. The molecule has 6 nitrogen and oxygen atoms in total. The van der Waals surface area contributed by atoms with Crippen LogP contribution in [0.4, 0.5) is 0 Å². The van der Waals surface area contributed by atoms with Crippen molar-refractivity contribution in [2.24, 2.45) is 5.92 Å². The van der Waals surface area contributed by atoms with Gasteiger partial charge >= 0.3 is 0 Å². The number of carbonyl (C=O) groups is 2. The van der Waals surface area contributed by atoms with E-state index in [0.717, 1.165) is 58.5 Å². The predicted molar refractivity (Wildman–Crippen MR) is 77.3 cm³/mol. The van der Waals surface area contributed by atoms with Crippen LogP contribution < -0.4 is 10.6 Å². The summed E-state index contributed by atoms with van der Waals surface area (Å²) in [5, 5.41) is 6.02. The summed E-state index contributed by atoms with van der Waals surface area (Å²) in [6, 6.07) is 0. The lowest BCUT2D eigenvalue weighted by molar-refractivity contribution is -0.132. The van der Waals surface area contributed by atoms with Crippen LogP contribution in [0.25, 0.3) is 0 Å². The first kappa shape index (κ1) is 15.3. The fourth-order valence-corrected chi connectivity index (χ4v) is 2.94. The molecule has 0 radical (unpaired) electrons. The lowest BCUT2D eigenvalue weighted by Crippen LogP contribution is -2.46. The summed E-state index contributed by atoms with van der Waals surface area (Å²) in [7, 11) is 1.69. The van der Waals surface area contributed by atoms with Crippen LogP contribution in [0, 0.1) is 5.92 Å². The number of hydrogen-bond acceptors (Lipinski definition) is 4. The van der Waals surface area contributed by atoms with E-state index in [1.165, 1.54) is 0 Å². The van der Waals surface area contributed by atoms with Crippen LogP contribution in [0.3, 0.4) is 0 Å². The van der Waals surface area contributed by atoms with E-state index in [2.05, 4.69) is 15.5 Å². The van der Waals surface area contributed by atoms with Gasteiger partial charge in [-0.05, 0) is 38.9 Å². The van der Waals surface area contributed by atoms with E-state index in [4.69, 9.17) is 0 Å². The largest absolute Gasteiger partial charge is 0.359 e. The van der Waals surface area contributed by atoms with Gasteiger partial charge in [0, 0.05) is 32.6 Å². The average molecular weight is 282 g/mol. The van der Waals surface area contributed by atoms with Crippen LogP contribution in [0.1, 0.15) is 19.3 Å². The lowest BCUT2D eigenvalue weighted by atomic mass is 9.96. The van der Waals surface area contributed by atoms with Crippen molar-refractivity contribution < 1.29 is 9.59 Å². The second-order valence-corrected chi connectivity index (χ2v) is 5.65. The Bertz CT molecular complexity index is 332. The molecule has 2 N–H and O–H groups in total. The summed E-state index contributed by atoms with van der Waals surface area (Å²) in [6.45, 7) is 5.76. The van der Waals surface area contributed by atoms with E-state index < -0.39 is 0 Å². The first-order chi connectivity index (χ1) is 9.70. The molecule has 0 saturated carbocycles. The molecule has 0 spiro atoms. The van der Waals surface area contributed by atoms with Gasteiger partial charge in [-0.1, -0.05) is 0 Å². The maximum Gasteiger partial charge on any atom is 0.236 e. The van der Waals surface area contributed by atoms with Crippen LogP contribution in [0.5, 0.6) is 0 Å². The van der Waals surface area contributed by atoms with Crippen LogP contribution in [-0.4, -0.2) is 74.5 Å². The topological polar surface area (TPSA) is 64.7 Å². The van der Waals surface area contributed by atoms with Crippen LogP contribution in [0.15, 0.2) is 0 Å². The van der Waals surface area contributed by atoms with E-state index in [-0.39, 0.29) is 17.7 Å². The fraction of sp³-hybridized carbons (Fsp3) is 0.857. The molecular weight excluding hydrogens is 256 g/mol. The molecule has 2 saturated heterocycles. The van der Waals surface area contributed by atoms with E-state index in [1.807, 2.05) is 4.90 Å². The Kier molecular flexibility index (Phi) is 5.79. The Balaban J connectivity index is 1.74. The molecule has 2 fully saturated rings. The monoisotopic (exact) mass is 282 g/mol. The zero-order chi connectivity index (χ0) is 14.4. The van der Waals surface area contributed by atoms with Gasteiger partial charge < -0.3 is 15.5 Å². The number of likely N-dealkylation sites (tertiary alicyclic amines) is 1. The van der Waals surface area contributed by atoms with Gasteiger partial charge in [0.15, 0.2) is 0 Å². The maximum atomic E-state index is 12.3. The Morgan fingerprint density at radius 3 is 2.60 bits per heavy atom. The van der Waals surface area contributed by atoms with Crippen molar-refractivity contribution in [3.8, 4) is 0 Å². The highest BCUT2D eigenvalue weighted by atomic mass is 16.2. The van der Waals surface area contributed by atoms with E-state index in [9.17, 15) is 9.59 Å². The van der Waals surface area contributed by atoms with Crippen molar-refractivity contribution in [2.45, 2.75) is 19.3 Å². The second kappa shape index (κ2) is 7.59. The number of nitrogens with zero attached hydrogens (tertiary/aromatic N) is 2. The molecule has 2 aliphatic heterocycles. The Morgan fingerprint density at radius 2 is 1.90 bits per heavy atom. The van der Waals surface area contributed by atoms with Crippen molar-refractivity contribution in [2.75, 3.05) is 52.9 Å². The summed E-state index contributed by atoms with van der Waals surface area (Å²) in [5.74, 6) is 0.482. The molecule has 2 aliphatic rings. The number of carbonyl (C=O) groups excluding carboxylic acids is 2. The van der Waals surface area contributed by atoms with E-state index in [1.54, 1.807) is 7.05 Å². The molecule has 0 unspecified atom stereocenters. The van der Waals surface area contributed by atoms with Crippen LogP contribution >= 0.6 is 0 Å². The van der Waals surface area contributed by atoms with Crippen molar-refractivity contribution in [1.29, 1.82) is 0 Å². The standard InChI is InChI=1S/C14H26N4O2/c1-15-14(20)12-3-8-17(9-4-12)11-13(19)18-7-2-5-16-6-10-18/h12,16H,2-11H2,1H3,(H,15,20). The van der Waals surface area contributed by atoms with Gasteiger partial charge in [0.1, 0.15) is 0 Å². The summed E-state index contributed by atoms with van der Waals surface area (Å²) in [6.07, 6.45) is 2.74. The SMILES string of the molecule is CNC(=O)C1CCN(CC(=O)N2CCCNCC2)CC1. The molecule has 6 heteroatoms. The third-order valence-corrected chi connectivity index (χ3v) is 4.26. The minimum absolute atomic E-state index is 0.119. The smallest absolute Gasteiger partial charge is 0.236 e. The molecule has 0 aromatic heterocycles. The minimum atomic E-state index is 0.119. The van der Waals surface area contributed by atoms with Crippen LogP contribution in [-0.2, 0) is 9.59 Å². The van der Waals surface area contributed by atoms with Gasteiger partial charge in [-0.3, -0.25) is 14.5 Å². The Labute approximate surface area is 120 Å². The molecule has 2 rings (SSSR count). The van der Waals surface area contributed by atoms with Crippen molar-refractivity contribution >= 4 is 11.8 Å². The minimum Gasteiger partial charge on any atom is -0.359 e. The molecule has 0 atom stereocenters. The van der Waals surface area contributed by atoms with E-state index in [0.29, 0.717) is 6.54 Å². The normalized spacial score (nSPS) is 22.4. The number of amides is 2. The van der Waals surface area contributed by atoms with Gasteiger partial charge in [-0.2, -0.15) is 0 Å². The number of hydrogen-bond donors (Lipinski definition) is 2. The number of rotatable bonds is 3. The summed E-state index contributed by atoms with van der Waals surface area (Å²) in [5.41, 5.74) is 0. The molecule has 0 aliphatic carbocycles. The third kappa shape index (κ3) is 4.18. The summed E-state index contributed by atoms with van der Waals surface area (Å²) >= 11 is 0. The predicted octanol–water partition coefficient (Wildman–Crippen LogP) is -0.734. The highest BCUT2D eigenvalue weighted by Gasteiger charge is 2.26. The Hall–Kier alpha value is -1.14. The van der Waals surface area contributed by atoms with E-state index >= 15 is 0 Å². The first-order valence-electron chi connectivity index (χ1n) is 7.63. The average Bonchev–Trinajstić information content (AvgIpc) is 2.76. The molecule has 2 amide bonds. The fourth-order valence-electron chi connectivity index (χ4n) is 2.94. The summed E-state index contributed by atoms with van der Waals surface area (Å²) < 4.78 is 0. The van der Waals surface area contributed by atoms with Gasteiger partial charge in [0.2, 0.25) is 11.8 Å². The van der Waals surface area contributed by atoms with Crippen molar-refractivity contribution in [1.82, 2.24) is 20.4 Å². The van der Waals surface area contributed by atoms with Gasteiger partial charge in [-0.25, -0.2) is 0 Å². The van der Waals surface area contributed by atoms with Gasteiger partial charge in [0.05, 0.1) is 6.54 Å². The van der Waals surface area contributed by atoms with Crippen molar-refractivity contribution in [3.05, 3.63) is 0 Å². The van der Waals surface area contributed by atoms with Crippen LogP contribution in [0.2, 0.25) is 0 Å². The molecule has 20 heavy (non-hydrogen) atoms. The zero-order valence-electron chi connectivity index (χ0n) is 12.4. The highest BCUT2D eigenvalue weighted by molar-refractivity contribution is 5.79. The molecule has 0 bridgehead atoms. The van der Waals surface area contributed by atoms with Crippen molar-refractivity contribution in [3.63, 3.8) is 0 Å². The second-order valence-electron chi connectivity index (χ2n) is 5.65. The molecule has 2 heterocycles. The zero-order valence-corrected chi connectivity index (χ0v) is 12.4. The highest BCUT2D eigenvalue weighted by Crippen LogP contribution is 2.17. The summed E-state index contributed by atoms with van der Waals surface area (Å²) in [4.78, 5) is 28.0. The molecule has 0 aromatic rings. The van der Waals surface area contributed by atoms with Gasteiger partial charge in [0.25, 0.3) is 0 Å². The lowest BCUT2D eigenvalue weighted by Gasteiger charge is -2.32. The quantitative estimate of drug-likeness (QED) is 0.716. The first-order valence-corrected chi connectivity index (χ1v) is 7.63. The third-order valence-electron chi connectivity index (χ3n) is 4.26. The molecular formula is C14H26N4O2.